The number of nitrogens with one attached hydrogen (secondary N) is 1. The Kier molecular flexibility index (Phi) is 3.41. The second kappa shape index (κ2) is 4.99. The highest BCUT2D eigenvalue weighted by molar-refractivity contribution is 7.14. The van der Waals surface area contributed by atoms with Gasteiger partial charge in [-0.2, -0.15) is 0 Å². The lowest BCUT2D eigenvalue weighted by Crippen LogP contribution is -1.95. The predicted octanol–water partition coefficient (Wildman–Crippen LogP) is 3.25. The summed E-state index contributed by atoms with van der Waals surface area (Å²) < 4.78 is 5.31. The summed E-state index contributed by atoms with van der Waals surface area (Å²) in [6, 6.07) is 7.91. The summed E-state index contributed by atoms with van der Waals surface area (Å²) in [7, 11) is 1.68. The molecule has 0 spiro atoms. The largest absolute Gasteiger partial charge is 0.496 e. The van der Waals surface area contributed by atoms with Gasteiger partial charge in [0, 0.05) is 17.5 Å². The molecule has 84 valence electrons. The first kappa shape index (κ1) is 11.0. The van der Waals surface area contributed by atoms with Gasteiger partial charge in [-0.3, -0.25) is 0 Å². The Labute approximate surface area is 99.1 Å². The summed E-state index contributed by atoms with van der Waals surface area (Å²) in [5.74, 6) is 0.857. The topological polar surface area (TPSA) is 34.2 Å². The van der Waals surface area contributed by atoms with Gasteiger partial charge in [-0.05, 0) is 19.1 Å². The molecule has 1 aromatic heterocycles. The molecule has 0 aliphatic heterocycles. The summed E-state index contributed by atoms with van der Waals surface area (Å²) in [5.41, 5.74) is 1.99. The second-order valence-electron chi connectivity index (χ2n) is 3.27. The third kappa shape index (κ3) is 2.17. The fraction of sp³-hybridized carbons (Fsp3) is 0.250. The van der Waals surface area contributed by atoms with E-state index in [-0.39, 0.29) is 0 Å². The minimum absolute atomic E-state index is 0.857. The van der Waals surface area contributed by atoms with Gasteiger partial charge in [-0.25, -0.2) is 4.98 Å². The SMILES string of the molecule is CCNc1nc(-c2ccccc2OC)cs1. The summed E-state index contributed by atoms with van der Waals surface area (Å²) in [5, 5.41) is 6.19. The number of hydrogen-bond donors (Lipinski definition) is 1. The van der Waals surface area contributed by atoms with Crippen LogP contribution in [0.4, 0.5) is 5.13 Å². The van der Waals surface area contributed by atoms with Gasteiger partial charge in [0.2, 0.25) is 0 Å². The molecule has 2 rings (SSSR count). The van der Waals surface area contributed by atoms with Crippen LogP contribution in [0.15, 0.2) is 29.6 Å². The highest BCUT2D eigenvalue weighted by atomic mass is 32.1. The molecule has 0 amide bonds. The van der Waals surface area contributed by atoms with Crippen molar-refractivity contribution in [2.75, 3.05) is 19.0 Å². The molecule has 16 heavy (non-hydrogen) atoms. The highest BCUT2D eigenvalue weighted by Gasteiger charge is 2.08. The molecule has 0 fully saturated rings. The van der Waals surface area contributed by atoms with Gasteiger partial charge in [-0.15, -0.1) is 11.3 Å². The van der Waals surface area contributed by atoms with Crippen molar-refractivity contribution in [2.24, 2.45) is 0 Å². The van der Waals surface area contributed by atoms with E-state index in [1.54, 1.807) is 18.4 Å². The molecule has 0 saturated carbocycles. The molecular weight excluding hydrogens is 220 g/mol. The van der Waals surface area contributed by atoms with Gasteiger partial charge in [0.25, 0.3) is 0 Å². The van der Waals surface area contributed by atoms with Gasteiger partial charge in [0.15, 0.2) is 5.13 Å². The Bertz CT molecular complexity index is 468. The average molecular weight is 234 g/mol. The monoisotopic (exact) mass is 234 g/mol. The second-order valence-corrected chi connectivity index (χ2v) is 4.13. The van der Waals surface area contributed by atoms with Gasteiger partial charge >= 0.3 is 0 Å². The third-order valence-electron chi connectivity index (χ3n) is 2.22. The van der Waals surface area contributed by atoms with E-state index in [1.165, 1.54) is 0 Å². The minimum Gasteiger partial charge on any atom is -0.496 e. The van der Waals surface area contributed by atoms with Crippen molar-refractivity contribution >= 4 is 16.5 Å². The Morgan fingerprint density at radius 1 is 1.38 bits per heavy atom. The van der Waals surface area contributed by atoms with Crippen LogP contribution in [-0.2, 0) is 0 Å². The molecule has 0 aliphatic carbocycles. The first-order valence-corrected chi connectivity index (χ1v) is 6.06. The van der Waals surface area contributed by atoms with E-state index in [1.807, 2.05) is 29.6 Å². The third-order valence-corrected chi connectivity index (χ3v) is 3.02. The van der Waals surface area contributed by atoms with Crippen LogP contribution in [0.1, 0.15) is 6.92 Å². The smallest absolute Gasteiger partial charge is 0.183 e. The van der Waals surface area contributed by atoms with Gasteiger partial charge in [-0.1, -0.05) is 12.1 Å². The fourth-order valence-corrected chi connectivity index (χ4v) is 2.27. The normalized spacial score (nSPS) is 10.1. The standard InChI is InChI=1S/C12H14N2OS/c1-3-13-12-14-10(8-16-12)9-6-4-5-7-11(9)15-2/h4-8H,3H2,1-2H3,(H,13,14). The average Bonchev–Trinajstić information content (AvgIpc) is 2.78. The number of methoxy groups -OCH3 is 1. The number of benzene rings is 1. The van der Waals surface area contributed by atoms with Crippen LogP contribution in [0.3, 0.4) is 0 Å². The van der Waals surface area contributed by atoms with Crippen LogP contribution in [0.25, 0.3) is 11.3 Å². The van der Waals surface area contributed by atoms with Crippen molar-refractivity contribution in [2.45, 2.75) is 6.92 Å². The molecule has 3 nitrogen and oxygen atoms in total. The summed E-state index contributed by atoms with van der Waals surface area (Å²) in [6.07, 6.45) is 0. The number of anilines is 1. The number of rotatable bonds is 4. The lowest BCUT2D eigenvalue weighted by molar-refractivity contribution is 0.416. The van der Waals surface area contributed by atoms with Crippen LogP contribution in [0.5, 0.6) is 5.75 Å². The van der Waals surface area contributed by atoms with Crippen LogP contribution < -0.4 is 10.1 Å². The minimum atomic E-state index is 0.857. The number of hydrogen-bond acceptors (Lipinski definition) is 4. The summed E-state index contributed by atoms with van der Waals surface area (Å²) >= 11 is 1.61. The van der Waals surface area contributed by atoms with E-state index < -0.39 is 0 Å². The zero-order valence-electron chi connectivity index (χ0n) is 9.36. The maximum absolute atomic E-state index is 5.31. The molecule has 1 aromatic carbocycles. The van der Waals surface area contributed by atoms with Crippen molar-refractivity contribution in [1.29, 1.82) is 0 Å². The van der Waals surface area contributed by atoms with E-state index in [0.29, 0.717) is 0 Å². The number of thiazole rings is 1. The van der Waals surface area contributed by atoms with Crippen LogP contribution >= 0.6 is 11.3 Å². The molecule has 1 N–H and O–H groups in total. The van der Waals surface area contributed by atoms with E-state index in [4.69, 9.17) is 4.74 Å². The molecule has 0 radical (unpaired) electrons. The Balaban J connectivity index is 2.34. The van der Waals surface area contributed by atoms with Crippen LogP contribution in [0.2, 0.25) is 0 Å². The van der Waals surface area contributed by atoms with E-state index in [2.05, 4.69) is 17.2 Å². The first-order chi connectivity index (χ1) is 7.85. The maximum atomic E-state index is 5.31. The molecule has 1 heterocycles. The number of nitrogens with zero attached hydrogens (tertiary/aromatic N) is 1. The number of ether oxygens (including phenoxy) is 1. The number of para-hydroxylation sites is 1. The molecule has 2 aromatic rings. The Morgan fingerprint density at radius 3 is 2.94 bits per heavy atom. The number of aromatic nitrogens is 1. The lowest BCUT2D eigenvalue weighted by atomic mass is 10.1. The summed E-state index contributed by atoms with van der Waals surface area (Å²) in [6.45, 7) is 2.95. The van der Waals surface area contributed by atoms with E-state index >= 15 is 0 Å². The fourth-order valence-electron chi connectivity index (χ4n) is 1.49. The first-order valence-electron chi connectivity index (χ1n) is 5.18. The molecule has 0 saturated heterocycles. The molecule has 0 bridgehead atoms. The van der Waals surface area contributed by atoms with Crippen molar-refractivity contribution in [3.05, 3.63) is 29.6 Å². The van der Waals surface area contributed by atoms with Crippen molar-refractivity contribution in [1.82, 2.24) is 4.98 Å². The quantitative estimate of drug-likeness (QED) is 0.881. The molecular formula is C12H14N2OS. The zero-order valence-corrected chi connectivity index (χ0v) is 10.2. The van der Waals surface area contributed by atoms with Crippen LogP contribution in [-0.4, -0.2) is 18.6 Å². The van der Waals surface area contributed by atoms with Crippen molar-refractivity contribution < 1.29 is 4.74 Å². The Morgan fingerprint density at radius 2 is 2.19 bits per heavy atom. The van der Waals surface area contributed by atoms with E-state index in [0.717, 1.165) is 28.7 Å². The summed E-state index contributed by atoms with van der Waals surface area (Å²) in [4.78, 5) is 4.51. The zero-order chi connectivity index (χ0) is 11.4. The lowest BCUT2D eigenvalue weighted by Gasteiger charge is -2.04. The van der Waals surface area contributed by atoms with Crippen molar-refractivity contribution in [3.8, 4) is 17.0 Å². The Hall–Kier alpha value is -1.55. The van der Waals surface area contributed by atoms with Gasteiger partial charge in [0.05, 0.1) is 12.8 Å². The van der Waals surface area contributed by atoms with Gasteiger partial charge in [0.1, 0.15) is 5.75 Å². The van der Waals surface area contributed by atoms with Crippen LogP contribution in [0, 0.1) is 0 Å². The van der Waals surface area contributed by atoms with E-state index in [9.17, 15) is 0 Å². The van der Waals surface area contributed by atoms with Gasteiger partial charge < -0.3 is 10.1 Å². The molecule has 4 heteroatoms. The van der Waals surface area contributed by atoms with Crippen molar-refractivity contribution in [3.63, 3.8) is 0 Å². The molecule has 0 atom stereocenters. The molecule has 0 unspecified atom stereocenters. The predicted molar refractivity (Wildman–Crippen MR) is 68.3 cm³/mol. The highest BCUT2D eigenvalue weighted by Crippen LogP contribution is 2.31. The molecule has 0 aliphatic rings. The maximum Gasteiger partial charge on any atom is 0.183 e.